The molecule has 1 atom stereocenters. The molecule has 0 saturated carbocycles. The van der Waals surface area contributed by atoms with Crippen LogP contribution in [0.5, 0.6) is 11.5 Å². The molecule has 1 heterocycles. The Morgan fingerprint density at radius 3 is 2.61 bits per heavy atom. The second kappa shape index (κ2) is 11.3. The van der Waals surface area contributed by atoms with Crippen molar-refractivity contribution in [3.05, 3.63) is 113 Å². The van der Waals surface area contributed by atoms with Crippen LogP contribution < -0.4 is 9.47 Å². The number of nitrogens with zero attached hydrogens (tertiary/aromatic N) is 1. The van der Waals surface area contributed by atoms with Crippen molar-refractivity contribution < 1.29 is 14.3 Å². The Hall–Kier alpha value is -3.86. The lowest BCUT2D eigenvalue weighted by Crippen LogP contribution is -2.18. The fourth-order valence-corrected chi connectivity index (χ4v) is 4.95. The van der Waals surface area contributed by atoms with Gasteiger partial charge in [-0.25, -0.2) is 4.98 Å². The maximum absolute atomic E-state index is 12.7. The minimum Gasteiger partial charge on any atom is -0.488 e. The highest BCUT2D eigenvalue weighted by Gasteiger charge is 2.25. The quantitative estimate of drug-likeness (QED) is 0.270. The molecule has 1 aliphatic carbocycles. The van der Waals surface area contributed by atoms with E-state index in [1.807, 2.05) is 48.7 Å². The third-order valence-electron chi connectivity index (χ3n) is 6.76. The first-order chi connectivity index (χ1) is 17.7. The molecule has 3 aromatic carbocycles. The van der Waals surface area contributed by atoms with E-state index in [4.69, 9.17) is 9.47 Å². The number of nitrogens with one attached hydrogen (secondary N) is 1. The standard InChI is InChI=1S/C31H32N2O3/c1-2-9-22-12-6-7-15-28(22)35-21-26-24-13-8-14-27(34)25(24)16-17-29(26)36-30(20-31-32-18-19-33-31)23-10-4-3-5-11-23/h3-7,10-12,15-19,30H,2,8-9,13-14,20-21H2,1H3,(H,32,33). The number of rotatable bonds is 10. The Morgan fingerprint density at radius 1 is 0.972 bits per heavy atom. The average molecular weight is 481 g/mol. The van der Waals surface area contributed by atoms with Gasteiger partial charge in [-0.3, -0.25) is 4.79 Å². The molecule has 0 aliphatic heterocycles. The summed E-state index contributed by atoms with van der Waals surface area (Å²) in [6.45, 7) is 2.53. The van der Waals surface area contributed by atoms with E-state index in [9.17, 15) is 4.79 Å². The number of aryl methyl sites for hydroxylation is 1. The highest BCUT2D eigenvalue weighted by atomic mass is 16.5. The maximum Gasteiger partial charge on any atom is 0.163 e. The van der Waals surface area contributed by atoms with Crippen LogP contribution in [0.25, 0.3) is 0 Å². The Kier molecular flexibility index (Phi) is 7.46. The SMILES string of the molecule is CCCc1ccccc1OCc1c(OC(Cc2ncc[nH]2)c2ccccc2)ccc2c1CCCC2=O. The zero-order chi connectivity index (χ0) is 24.7. The number of fused-ring (bicyclic) bond motifs is 1. The number of imidazole rings is 1. The van der Waals surface area contributed by atoms with Crippen LogP contribution in [0.1, 0.15) is 70.7 Å². The van der Waals surface area contributed by atoms with Gasteiger partial charge in [0.05, 0.1) is 0 Å². The second-order valence-corrected chi connectivity index (χ2v) is 9.25. The largest absolute Gasteiger partial charge is 0.488 e. The van der Waals surface area contributed by atoms with E-state index in [2.05, 4.69) is 41.2 Å². The van der Waals surface area contributed by atoms with Gasteiger partial charge in [0.2, 0.25) is 0 Å². The number of carbonyl (C=O) groups excluding carboxylic acids is 1. The number of benzene rings is 3. The summed E-state index contributed by atoms with van der Waals surface area (Å²) >= 11 is 0. The highest BCUT2D eigenvalue weighted by molar-refractivity contribution is 5.99. The molecule has 36 heavy (non-hydrogen) atoms. The summed E-state index contributed by atoms with van der Waals surface area (Å²) < 4.78 is 13.1. The summed E-state index contributed by atoms with van der Waals surface area (Å²) in [5, 5.41) is 0. The molecule has 1 N–H and O–H groups in total. The van der Waals surface area contributed by atoms with Crippen molar-refractivity contribution >= 4 is 5.78 Å². The Bertz CT molecular complexity index is 1300. The smallest absolute Gasteiger partial charge is 0.163 e. The lowest BCUT2D eigenvalue weighted by Gasteiger charge is -2.25. The predicted octanol–water partition coefficient (Wildman–Crippen LogP) is 6.82. The zero-order valence-corrected chi connectivity index (χ0v) is 20.7. The first kappa shape index (κ1) is 23.9. The normalized spacial score (nSPS) is 13.8. The van der Waals surface area contributed by atoms with Crippen LogP contribution in [0.3, 0.4) is 0 Å². The molecule has 0 bridgehead atoms. The van der Waals surface area contributed by atoms with Crippen molar-refractivity contribution in [1.29, 1.82) is 0 Å². The Morgan fingerprint density at radius 2 is 1.81 bits per heavy atom. The first-order valence-corrected chi connectivity index (χ1v) is 12.8. The molecular weight excluding hydrogens is 448 g/mol. The molecular formula is C31H32N2O3. The fraction of sp³-hybridized carbons (Fsp3) is 0.290. The van der Waals surface area contributed by atoms with Crippen LogP contribution in [0.2, 0.25) is 0 Å². The summed E-state index contributed by atoms with van der Waals surface area (Å²) in [4.78, 5) is 20.3. The number of para-hydroxylation sites is 1. The number of ether oxygens (including phenoxy) is 2. The van der Waals surface area contributed by atoms with E-state index < -0.39 is 0 Å². The number of hydrogen-bond acceptors (Lipinski definition) is 4. The van der Waals surface area contributed by atoms with Crippen LogP contribution in [0, 0.1) is 0 Å². The van der Waals surface area contributed by atoms with Gasteiger partial charge in [-0.05, 0) is 54.2 Å². The maximum atomic E-state index is 12.7. The number of ketones is 1. The minimum atomic E-state index is -0.235. The van der Waals surface area contributed by atoms with E-state index >= 15 is 0 Å². The van der Waals surface area contributed by atoms with Crippen LogP contribution in [0.15, 0.2) is 79.1 Å². The highest BCUT2D eigenvalue weighted by Crippen LogP contribution is 2.35. The molecule has 0 amide bonds. The number of H-pyrrole nitrogens is 1. The third-order valence-corrected chi connectivity index (χ3v) is 6.76. The van der Waals surface area contributed by atoms with Gasteiger partial charge in [0.1, 0.15) is 30.0 Å². The number of aromatic amines is 1. The summed E-state index contributed by atoms with van der Waals surface area (Å²) in [7, 11) is 0. The lowest BCUT2D eigenvalue weighted by atomic mass is 9.87. The predicted molar refractivity (Wildman–Crippen MR) is 141 cm³/mol. The third kappa shape index (κ3) is 5.35. The fourth-order valence-electron chi connectivity index (χ4n) is 4.95. The number of aromatic nitrogens is 2. The molecule has 5 nitrogen and oxygen atoms in total. The van der Waals surface area contributed by atoms with E-state index in [1.165, 1.54) is 5.56 Å². The molecule has 5 rings (SSSR count). The first-order valence-electron chi connectivity index (χ1n) is 12.8. The summed E-state index contributed by atoms with van der Waals surface area (Å²) in [6.07, 6.45) is 8.26. The van der Waals surface area contributed by atoms with E-state index in [1.54, 1.807) is 6.20 Å². The van der Waals surface area contributed by atoms with Crippen LogP contribution in [-0.4, -0.2) is 15.8 Å². The Balaban J connectivity index is 1.50. The molecule has 184 valence electrons. The van der Waals surface area contributed by atoms with Crippen molar-refractivity contribution in [2.75, 3.05) is 0 Å². The number of hydrogen-bond donors (Lipinski definition) is 1. The van der Waals surface area contributed by atoms with Crippen molar-refractivity contribution in [2.24, 2.45) is 0 Å². The average Bonchev–Trinajstić information content (AvgIpc) is 3.42. The summed E-state index contributed by atoms with van der Waals surface area (Å²) in [6, 6.07) is 22.3. The van der Waals surface area contributed by atoms with Gasteiger partial charge in [0.25, 0.3) is 0 Å². The van der Waals surface area contributed by atoms with Gasteiger partial charge in [0.15, 0.2) is 5.78 Å². The molecule has 4 aromatic rings. The molecule has 1 aromatic heterocycles. The minimum absolute atomic E-state index is 0.200. The molecule has 1 aliphatic rings. The zero-order valence-electron chi connectivity index (χ0n) is 20.7. The van der Waals surface area contributed by atoms with E-state index in [-0.39, 0.29) is 11.9 Å². The molecule has 1 unspecified atom stereocenters. The molecule has 0 fully saturated rings. The van der Waals surface area contributed by atoms with Gasteiger partial charge in [-0.2, -0.15) is 0 Å². The van der Waals surface area contributed by atoms with Gasteiger partial charge in [-0.15, -0.1) is 0 Å². The topological polar surface area (TPSA) is 64.2 Å². The molecule has 0 spiro atoms. The molecule has 0 radical (unpaired) electrons. The lowest BCUT2D eigenvalue weighted by molar-refractivity contribution is 0.0971. The van der Waals surface area contributed by atoms with Gasteiger partial charge in [-0.1, -0.05) is 61.9 Å². The van der Waals surface area contributed by atoms with Crippen molar-refractivity contribution in [1.82, 2.24) is 9.97 Å². The monoisotopic (exact) mass is 480 g/mol. The van der Waals surface area contributed by atoms with Crippen molar-refractivity contribution in [2.45, 2.75) is 58.2 Å². The van der Waals surface area contributed by atoms with Crippen LogP contribution in [-0.2, 0) is 25.9 Å². The van der Waals surface area contributed by atoms with Gasteiger partial charge >= 0.3 is 0 Å². The molecule has 0 saturated heterocycles. The number of Topliss-reactive ketones (excluding diaryl/α,β-unsaturated/α-hetero) is 1. The van der Waals surface area contributed by atoms with Crippen molar-refractivity contribution in [3.8, 4) is 11.5 Å². The van der Waals surface area contributed by atoms with Gasteiger partial charge in [0, 0.05) is 36.4 Å². The molecule has 5 heteroatoms. The number of carbonyl (C=O) groups is 1. The van der Waals surface area contributed by atoms with Crippen LogP contribution in [0.4, 0.5) is 0 Å². The second-order valence-electron chi connectivity index (χ2n) is 9.25. The van der Waals surface area contributed by atoms with E-state index in [0.717, 1.165) is 65.3 Å². The summed E-state index contributed by atoms with van der Waals surface area (Å²) in [5.74, 6) is 2.71. The van der Waals surface area contributed by atoms with Crippen LogP contribution >= 0.6 is 0 Å². The Labute approximate surface area is 212 Å². The summed E-state index contributed by atoms with van der Waals surface area (Å²) in [5.41, 5.74) is 5.09. The van der Waals surface area contributed by atoms with Crippen molar-refractivity contribution in [3.63, 3.8) is 0 Å². The van der Waals surface area contributed by atoms with E-state index in [0.29, 0.717) is 19.4 Å². The van der Waals surface area contributed by atoms with Gasteiger partial charge < -0.3 is 14.5 Å².